The number of halogens is 4. The number of aromatic nitrogens is 1. The molecule has 29 heavy (non-hydrogen) atoms. The number of benzene rings is 1. The summed E-state index contributed by atoms with van der Waals surface area (Å²) in [5.74, 6) is -0.353. The van der Waals surface area contributed by atoms with Crippen LogP contribution in [0.25, 0.3) is 0 Å². The Morgan fingerprint density at radius 3 is 2.38 bits per heavy atom. The monoisotopic (exact) mass is 482 g/mol. The summed E-state index contributed by atoms with van der Waals surface area (Å²) in [6.07, 6.45) is -1.06. The van der Waals surface area contributed by atoms with E-state index >= 15 is 0 Å². The number of carbonyl (C=O) groups is 1. The van der Waals surface area contributed by atoms with Crippen LogP contribution in [-0.4, -0.2) is 27.8 Å². The van der Waals surface area contributed by atoms with Gasteiger partial charge in [-0.25, -0.2) is 0 Å². The Morgan fingerprint density at radius 1 is 1.21 bits per heavy atom. The zero-order valence-electron chi connectivity index (χ0n) is 14.8. The molecule has 2 aliphatic rings. The fourth-order valence-electron chi connectivity index (χ4n) is 3.73. The highest BCUT2D eigenvalue weighted by Crippen LogP contribution is 2.48. The Bertz CT molecular complexity index is 1020. The third-order valence-corrected chi connectivity index (χ3v) is 6.18. The van der Waals surface area contributed by atoms with Crippen LogP contribution in [0, 0.1) is 5.41 Å². The van der Waals surface area contributed by atoms with Crippen LogP contribution < -0.4 is 9.80 Å². The lowest BCUT2D eigenvalue weighted by atomic mass is 9.75. The van der Waals surface area contributed by atoms with Crippen LogP contribution in [0.4, 0.5) is 24.5 Å². The first-order chi connectivity index (χ1) is 13.7. The number of hydrogen-bond acceptors (Lipinski definition) is 4. The van der Waals surface area contributed by atoms with Gasteiger partial charge in [-0.05, 0) is 61.8 Å². The van der Waals surface area contributed by atoms with Gasteiger partial charge >= 0.3 is 6.18 Å². The predicted octanol–water partition coefficient (Wildman–Crippen LogP) is 4.92. The van der Waals surface area contributed by atoms with Crippen molar-refractivity contribution in [2.75, 3.05) is 9.80 Å². The second kappa shape index (κ2) is 6.88. The third kappa shape index (κ3) is 3.05. The van der Waals surface area contributed by atoms with Crippen LogP contribution in [0.5, 0.6) is 0 Å². The number of hydrogen-bond donors (Lipinski definition) is 1. The number of rotatable bonds is 3. The van der Waals surface area contributed by atoms with E-state index in [1.54, 1.807) is 4.90 Å². The van der Waals surface area contributed by atoms with Crippen LogP contribution in [0.1, 0.15) is 30.5 Å². The molecule has 10 heteroatoms. The number of amides is 1. The molecule has 0 radical (unpaired) electrons. The van der Waals surface area contributed by atoms with Crippen molar-refractivity contribution in [3.63, 3.8) is 0 Å². The highest BCUT2D eigenvalue weighted by Gasteiger charge is 2.59. The van der Waals surface area contributed by atoms with Crippen molar-refractivity contribution in [1.29, 1.82) is 5.41 Å². The average molecular weight is 483 g/mol. The molecule has 1 saturated carbocycles. The van der Waals surface area contributed by atoms with E-state index in [2.05, 4.69) is 20.9 Å². The molecule has 1 saturated heterocycles. The Balaban J connectivity index is 1.81. The van der Waals surface area contributed by atoms with Gasteiger partial charge in [0.25, 0.3) is 5.91 Å². The second-order valence-electron chi connectivity index (χ2n) is 6.89. The topological polar surface area (TPSA) is 60.3 Å². The first kappa shape index (κ1) is 20.0. The third-order valence-electron chi connectivity index (χ3n) is 5.28. The van der Waals surface area contributed by atoms with E-state index in [1.165, 1.54) is 0 Å². The first-order valence-corrected chi connectivity index (χ1v) is 9.91. The van der Waals surface area contributed by atoms with Gasteiger partial charge in [0.15, 0.2) is 5.11 Å². The molecule has 1 aliphatic carbocycles. The average Bonchev–Trinajstić information content (AvgIpc) is 2.88. The van der Waals surface area contributed by atoms with Crippen molar-refractivity contribution in [1.82, 2.24) is 4.98 Å². The fraction of sp³-hybridized carbons (Fsp3) is 0.263. The lowest BCUT2D eigenvalue weighted by Gasteiger charge is -2.43. The number of nitrogens with zero attached hydrogens (tertiary/aromatic N) is 3. The van der Waals surface area contributed by atoms with Crippen molar-refractivity contribution in [2.24, 2.45) is 0 Å². The van der Waals surface area contributed by atoms with E-state index in [0.717, 1.165) is 28.1 Å². The summed E-state index contributed by atoms with van der Waals surface area (Å²) >= 11 is 8.92. The lowest BCUT2D eigenvalue weighted by molar-refractivity contribution is -0.138. The summed E-state index contributed by atoms with van der Waals surface area (Å²) in [4.78, 5) is 19.9. The highest BCUT2D eigenvalue weighted by atomic mass is 79.9. The lowest BCUT2D eigenvalue weighted by Crippen LogP contribution is -2.55. The molecule has 2 heterocycles. The first-order valence-electron chi connectivity index (χ1n) is 8.71. The summed E-state index contributed by atoms with van der Waals surface area (Å²) in [6.45, 7) is 0. The molecular formula is C19H14BrF3N4OS. The van der Waals surface area contributed by atoms with Gasteiger partial charge < -0.3 is 10.3 Å². The molecule has 2 fully saturated rings. The normalized spacial score (nSPS) is 18.3. The standard InChI is InChI=1S/C19H14BrF3N4OS/c20-11-2-4-12(5-3-11)27-17(29)26(16(28)18(27)6-1-7-18)13-8-14(19(21,22)23)15(9-24)25-10-13/h2-5,8-10,24H,1,6-7H2. The van der Waals surface area contributed by atoms with Crippen LogP contribution >= 0.6 is 28.1 Å². The molecule has 2 aromatic rings. The summed E-state index contributed by atoms with van der Waals surface area (Å²) in [6, 6.07) is 8.09. The maximum atomic E-state index is 13.4. The Morgan fingerprint density at radius 2 is 1.86 bits per heavy atom. The second-order valence-corrected chi connectivity index (χ2v) is 8.17. The van der Waals surface area contributed by atoms with Gasteiger partial charge in [0, 0.05) is 16.4 Å². The molecule has 1 aliphatic heterocycles. The molecule has 4 rings (SSSR count). The Labute approximate surface area is 178 Å². The minimum atomic E-state index is -4.71. The zero-order chi connectivity index (χ0) is 21.0. The fourth-order valence-corrected chi connectivity index (χ4v) is 4.46. The van der Waals surface area contributed by atoms with Gasteiger partial charge in [-0.2, -0.15) is 13.2 Å². The van der Waals surface area contributed by atoms with Gasteiger partial charge in [0.1, 0.15) is 5.54 Å². The quantitative estimate of drug-likeness (QED) is 0.498. The van der Waals surface area contributed by atoms with Crippen molar-refractivity contribution >= 4 is 56.8 Å². The maximum absolute atomic E-state index is 13.4. The van der Waals surface area contributed by atoms with E-state index in [9.17, 15) is 18.0 Å². The summed E-state index contributed by atoms with van der Waals surface area (Å²) in [7, 11) is 0. The number of alkyl halides is 3. The number of nitrogens with one attached hydrogen (secondary N) is 1. The van der Waals surface area contributed by atoms with Gasteiger partial charge in [-0.15, -0.1) is 0 Å². The number of carbonyl (C=O) groups excluding carboxylic acids is 1. The van der Waals surface area contributed by atoms with Gasteiger partial charge in [-0.3, -0.25) is 14.7 Å². The molecule has 1 aromatic heterocycles. The van der Waals surface area contributed by atoms with Crippen LogP contribution in [0.15, 0.2) is 41.0 Å². The van der Waals surface area contributed by atoms with E-state index in [0.29, 0.717) is 24.7 Å². The number of pyridine rings is 1. The summed E-state index contributed by atoms with van der Waals surface area (Å²) in [5, 5.41) is 7.30. The number of thiocarbonyl (C=S) groups is 1. The molecule has 5 nitrogen and oxygen atoms in total. The van der Waals surface area contributed by atoms with Crippen LogP contribution in [-0.2, 0) is 11.0 Å². The zero-order valence-corrected chi connectivity index (χ0v) is 17.2. The molecular weight excluding hydrogens is 469 g/mol. The molecule has 0 unspecified atom stereocenters. The SMILES string of the molecule is N=Cc1ncc(N2C(=O)C3(CCC3)N(c3ccc(Br)cc3)C2=S)cc1C(F)(F)F. The summed E-state index contributed by atoms with van der Waals surface area (Å²) < 4.78 is 41.1. The van der Waals surface area contributed by atoms with E-state index in [1.807, 2.05) is 24.3 Å². The number of anilines is 2. The van der Waals surface area contributed by atoms with E-state index < -0.39 is 23.0 Å². The smallest absolute Gasteiger partial charge is 0.306 e. The minimum absolute atomic E-state index is 0.0520. The molecule has 0 atom stereocenters. The Kier molecular flexibility index (Phi) is 4.73. The minimum Gasteiger partial charge on any atom is -0.306 e. The van der Waals surface area contributed by atoms with Crippen LogP contribution in [0.2, 0.25) is 0 Å². The molecule has 0 bridgehead atoms. The molecule has 1 amide bonds. The largest absolute Gasteiger partial charge is 0.418 e. The molecule has 150 valence electrons. The van der Waals surface area contributed by atoms with Crippen molar-refractivity contribution in [3.05, 3.63) is 52.3 Å². The molecule has 1 aromatic carbocycles. The maximum Gasteiger partial charge on any atom is 0.418 e. The molecule has 1 N–H and O–H groups in total. The van der Waals surface area contributed by atoms with E-state index in [4.69, 9.17) is 17.6 Å². The predicted molar refractivity (Wildman–Crippen MR) is 110 cm³/mol. The van der Waals surface area contributed by atoms with E-state index in [-0.39, 0.29) is 16.7 Å². The van der Waals surface area contributed by atoms with Gasteiger partial charge in [-0.1, -0.05) is 15.9 Å². The van der Waals surface area contributed by atoms with Gasteiger partial charge in [0.2, 0.25) is 0 Å². The summed E-state index contributed by atoms with van der Waals surface area (Å²) in [5.41, 5.74) is -1.83. The van der Waals surface area contributed by atoms with Crippen molar-refractivity contribution in [2.45, 2.75) is 31.0 Å². The molecule has 1 spiro atoms. The highest BCUT2D eigenvalue weighted by molar-refractivity contribution is 9.10. The van der Waals surface area contributed by atoms with Crippen LogP contribution in [0.3, 0.4) is 0 Å². The Hall–Kier alpha value is -2.33. The van der Waals surface area contributed by atoms with Crippen molar-refractivity contribution < 1.29 is 18.0 Å². The van der Waals surface area contributed by atoms with Crippen molar-refractivity contribution in [3.8, 4) is 0 Å². The van der Waals surface area contributed by atoms with Gasteiger partial charge in [0.05, 0.1) is 23.1 Å².